The zero-order valence-electron chi connectivity index (χ0n) is 14.3. The molecule has 1 aliphatic rings. The largest absolute Gasteiger partial charge is 0.286 e. The molecule has 7 nitrogen and oxygen atoms in total. The molecule has 1 amide bonds. The molecule has 10 heteroatoms. The van der Waals surface area contributed by atoms with Crippen molar-refractivity contribution < 1.29 is 4.79 Å². The lowest BCUT2D eigenvalue weighted by Gasteiger charge is -2.25. The second kappa shape index (κ2) is 7.79. The number of hydrogen-bond acceptors (Lipinski definition) is 5. The number of hydrogen-bond donors (Lipinski definition) is 1. The summed E-state index contributed by atoms with van der Waals surface area (Å²) in [6, 6.07) is 12.3. The molecular formula is C18H13Cl3N6O. The van der Waals surface area contributed by atoms with Crippen molar-refractivity contribution in [2.75, 3.05) is 10.4 Å². The van der Waals surface area contributed by atoms with Crippen LogP contribution in [0.1, 0.15) is 18.0 Å². The first-order valence-electron chi connectivity index (χ1n) is 8.24. The van der Waals surface area contributed by atoms with Gasteiger partial charge in [-0.1, -0.05) is 46.9 Å². The molecule has 1 unspecified atom stereocenters. The molecule has 2 aromatic carbocycles. The number of anilines is 1. The van der Waals surface area contributed by atoms with Gasteiger partial charge in [0, 0.05) is 16.5 Å². The van der Waals surface area contributed by atoms with Crippen molar-refractivity contribution in [3.05, 3.63) is 75.8 Å². The van der Waals surface area contributed by atoms with Crippen LogP contribution in [-0.4, -0.2) is 26.5 Å². The first-order valence-corrected chi connectivity index (χ1v) is 9.38. The summed E-state index contributed by atoms with van der Waals surface area (Å²) in [5.74, 6) is -0.355. The summed E-state index contributed by atoms with van der Waals surface area (Å²) in [6.07, 6.45) is 3.16. The second-order valence-corrected chi connectivity index (χ2v) is 7.35. The minimum Gasteiger partial charge on any atom is -0.266 e. The molecule has 142 valence electrons. The van der Waals surface area contributed by atoms with E-state index in [-0.39, 0.29) is 11.9 Å². The third kappa shape index (κ3) is 3.82. The van der Waals surface area contributed by atoms with E-state index in [9.17, 15) is 4.79 Å². The van der Waals surface area contributed by atoms with Gasteiger partial charge in [0.2, 0.25) is 0 Å². The Morgan fingerprint density at radius 1 is 1.00 bits per heavy atom. The van der Waals surface area contributed by atoms with Crippen LogP contribution >= 0.6 is 34.8 Å². The molecule has 3 aromatic rings. The first-order chi connectivity index (χ1) is 13.5. The Balaban J connectivity index is 1.69. The van der Waals surface area contributed by atoms with Gasteiger partial charge >= 0.3 is 0 Å². The van der Waals surface area contributed by atoms with Crippen molar-refractivity contribution in [3.63, 3.8) is 0 Å². The summed E-state index contributed by atoms with van der Waals surface area (Å²) in [4.78, 5) is 12.6. The quantitative estimate of drug-likeness (QED) is 0.662. The van der Waals surface area contributed by atoms with Gasteiger partial charge in [0.15, 0.2) is 0 Å². The van der Waals surface area contributed by atoms with Crippen molar-refractivity contribution in [1.29, 1.82) is 0 Å². The fourth-order valence-electron chi connectivity index (χ4n) is 2.92. The number of nitrogens with zero attached hydrogens (tertiary/aromatic N) is 5. The third-order valence-corrected chi connectivity index (χ3v) is 5.02. The summed E-state index contributed by atoms with van der Waals surface area (Å²) in [5, 5.41) is 15.2. The van der Waals surface area contributed by atoms with Gasteiger partial charge in [0.25, 0.3) is 5.91 Å². The Kier molecular flexibility index (Phi) is 5.21. The maximum atomic E-state index is 12.6. The Hall–Kier alpha value is -2.61. The van der Waals surface area contributed by atoms with E-state index in [4.69, 9.17) is 34.8 Å². The van der Waals surface area contributed by atoms with Crippen molar-refractivity contribution in [3.8, 4) is 0 Å². The highest BCUT2D eigenvalue weighted by Crippen LogP contribution is 2.39. The number of nitrogens with one attached hydrogen (secondary N) is 1. The molecule has 0 fully saturated rings. The topological polar surface area (TPSA) is 75.4 Å². The van der Waals surface area contributed by atoms with Gasteiger partial charge < -0.3 is 0 Å². The minimum atomic E-state index is -0.355. The molecule has 1 N–H and O–H groups in total. The highest BCUT2D eigenvalue weighted by molar-refractivity contribution is 6.42. The van der Waals surface area contributed by atoms with Crippen LogP contribution in [0.15, 0.2) is 60.2 Å². The molecule has 0 bridgehead atoms. The van der Waals surface area contributed by atoms with E-state index < -0.39 is 0 Å². The molecule has 1 aromatic heterocycles. The molecule has 0 saturated heterocycles. The van der Waals surface area contributed by atoms with Gasteiger partial charge in [-0.05, 0) is 35.9 Å². The standard InChI is InChI=1S/C18H13Cl3N6O/c19-12-3-1-11(2-4-12)17-8-15(18(28)25-26-9-22-23-10-26)24-27(17)16-6-5-13(20)7-14(16)21/h1-7,9-10,17H,8H2,(H,25,28). The molecule has 0 radical (unpaired) electrons. The van der Waals surface area contributed by atoms with Gasteiger partial charge in [0.05, 0.1) is 16.8 Å². The van der Waals surface area contributed by atoms with Crippen LogP contribution in [0.2, 0.25) is 15.1 Å². The number of halogens is 3. The van der Waals surface area contributed by atoms with E-state index in [2.05, 4.69) is 20.7 Å². The molecule has 0 spiro atoms. The minimum absolute atomic E-state index is 0.224. The lowest BCUT2D eigenvalue weighted by molar-refractivity contribution is -0.111. The summed E-state index contributed by atoms with van der Waals surface area (Å²) >= 11 is 18.4. The van der Waals surface area contributed by atoms with Crippen LogP contribution in [-0.2, 0) is 4.79 Å². The van der Waals surface area contributed by atoms with Gasteiger partial charge in [-0.3, -0.25) is 15.2 Å². The van der Waals surface area contributed by atoms with Crippen molar-refractivity contribution in [2.24, 2.45) is 5.10 Å². The fourth-order valence-corrected chi connectivity index (χ4v) is 3.54. The number of amides is 1. The highest BCUT2D eigenvalue weighted by atomic mass is 35.5. The van der Waals surface area contributed by atoms with Gasteiger partial charge in [-0.15, -0.1) is 10.2 Å². The maximum Gasteiger partial charge on any atom is 0.286 e. The summed E-state index contributed by atoms with van der Waals surface area (Å²) in [7, 11) is 0. The zero-order chi connectivity index (χ0) is 19.7. The summed E-state index contributed by atoms with van der Waals surface area (Å²) in [6.45, 7) is 0. The number of rotatable bonds is 4. The fraction of sp³-hybridized carbons (Fsp3) is 0.111. The van der Waals surface area contributed by atoms with Gasteiger partial charge in [0.1, 0.15) is 18.4 Å². The monoisotopic (exact) mass is 434 g/mol. The van der Waals surface area contributed by atoms with Crippen LogP contribution in [0, 0.1) is 0 Å². The molecule has 1 aliphatic heterocycles. The average Bonchev–Trinajstić information content (AvgIpc) is 3.32. The predicted octanol–water partition coefficient (Wildman–Crippen LogP) is 4.32. The van der Waals surface area contributed by atoms with Crippen molar-refractivity contribution in [1.82, 2.24) is 14.9 Å². The maximum absolute atomic E-state index is 12.6. The molecular weight excluding hydrogens is 423 g/mol. The molecule has 28 heavy (non-hydrogen) atoms. The molecule has 2 heterocycles. The van der Waals surface area contributed by atoms with E-state index in [0.29, 0.717) is 32.9 Å². The smallest absolute Gasteiger partial charge is 0.266 e. The van der Waals surface area contributed by atoms with Crippen LogP contribution in [0.4, 0.5) is 5.69 Å². The molecule has 4 rings (SSSR count). The average molecular weight is 436 g/mol. The van der Waals surface area contributed by atoms with E-state index in [0.717, 1.165) is 5.56 Å². The van der Waals surface area contributed by atoms with E-state index >= 15 is 0 Å². The third-order valence-electron chi connectivity index (χ3n) is 4.23. The van der Waals surface area contributed by atoms with Crippen LogP contribution < -0.4 is 10.4 Å². The van der Waals surface area contributed by atoms with E-state index in [1.165, 1.54) is 17.3 Å². The normalized spacial score (nSPS) is 16.2. The summed E-state index contributed by atoms with van der Waals surface area (Å²) < 4.78 is 1.36. The Morgan fingerprint density at radius 3 is 2.36 bits per heavy atom. The lowest BCUT2D eigenvalue weighted by atomic mass is 10.0. The van der Waals surface area contributed by atoms with Gasteiger partial charge in [-0.2, -0.15) is 5.10 Å². The van der Waals surface area contributed by atoms with Crippen molar-refractivity contribution >= 4 is 52.1 Å². The highest BCUT2D eigenvalue weighted by Gasteiger charge is 2.33. The molecule has 1 atom stereocenters. The van der Waals surface area contributed by atoms with Crippen molar-refractivity contribution in [2.45, 2.75) is 12.5 Å². The van der Waals surface area contributed by atoms with E-state index in [1.54, 1.807) is 35.3 Å². The SMILES string of the molecule is O=C(Nn1cnnc1)C1=NN(c2ccc(Cl)cc2Cl)C(c2ccc(Cl)cc2)C1. The molecule has 0 saturated carbocycles. The lowest BCUT2D eigenvalue weighted by Crippen LogP contribution is -2.28. The second-order valence-electron chi connectivity index (χ2n) is 6.07. The number of benzene rings is 2. The first kappa shape index (κ1) is 18.7. The number of carbonyl (C=O) groups is 1. The predicted molar refractivity (Wildman–Crippen MR) is 110 cm³/mol. The van der Waals surface area contributed by atoms with Crippen LogP contribution in [0.5, 0.6) is 0 Å². The zero-order valence-corrected chi connectivity index (χ0v) is 16.5. The number of carbonyl (C=O) groups excluding carboxylic acids is 1. The number of hydrazone groups is 1. The van der Waals surface area contributed by atoms with Gasteiger partial charge in [-0.25, -0.2) is 4.68 Å². The Labute approximate surface area is 175 Å². The number of aromatic nitrogens is 3. The summed E-state index contributed by atoms with van der Waals surface area (Å²) in [5.41, 5.74) is 4.61. The van der Waals surface area contributed by atoms with E-state index in [1.807, 2.05) is 12.1 Å². The Morgan fingerprint density at radius 2 is 1.68 bits per heavy atom. The Bertz CT molecular complexity index is 1040. The molecule has 0 aliphatic carbocycles. The van der Waals surface area contributed by atoms with Crippen LogP contribution in [0.3, 0.4) is 0 Å². The van der Waals surface area contributed by atoms with Crippen LogP contribution in [0.25, 0.3) is 0 Å².